The molecule has 0 aromatic heterocycles. The van der Waals surface area contributed by atoms with Crippen molar-refractivity contribution in [3.63, 3.8) is 0 Å². The Morgan fingerprint density at radius 2 is 1.94 bits per heavy atom. The van der Waals surface area contributed by atoms with Gasteiger partial charge in [-0.05, 0) is 34.1 Å². The molecule has 96 valence electrons. The van der Waals surface area contributed by atoms with Gasteiger partial charge in [-0.1, -0.05) is 6.92 Å². The highest BCUT2D eigenvalue weighted by Crippen LogP contribution is 2.24. The molecule has 0 aliphatic heterocycles. The van der Waals surface area contributed by atoms with Gasteiger partial charge in [-0.25, -0.2) is 0 Å². The molecular formula is C12H25NO3. The van der Waals surface area contributed by atoms with Crippen LogP contribution in [0.15, 0.2) is 0 Å². The normalized spacial score (nSPS) is 17.9. The van der Waals surface area contributed by atoms with Crippen molar-refractivity contribution in [2.75, 3.05) is 7.11 Å². The lowest BCUT2D eigenvalue weighted by Crippen LogP contribution is -2.56. The average molecular weight is 231 g/mol. The Hall–Kier alpha value is -0.610. The van der Waals surface area contributed by atoms with Gasteiger partial charge in [-0.15, -0.1) is 0 Å². The van der Waals surface area contributed by atoms with Gasteiger partial charge in [0.1, 0.15) is 5.54 Å². The highest BCUT2D eigenvalue weighted by molar-refractivity contribution is 5.78. The minimum Gasteiger partial charge on any atom is -0.480 e. The maximum atomic E-state index is 11.3. The lowest BCUT2D eigenvalue weighted by atomic mass is 9.87. The van der Waals surface area contributed by atoms with Gasteiger partial charge in [0.25, 0.3) is 0 Å². The van der Waals surface area contributed by atoms with Crippen molar-refractivity contribution in [2.45, 2.75) is 64.6 Å². The van der Waals surface area contributed by atoms with Crippen molar-refractivity contribution in [1.82, 2.24) is 5.32 Å². The Morgan fingerprint density at radius 1 is 1.44 bits per heavy atom. The molecule has 2 N–H and O–H groups in total. The van der Waals surface area contributed by atoms with Crippen molar-refractivity contribution in [3.05, 3.63) is 0 Å². The number of carbonyl (C=O) groups is 1. The van der Waals surface area contributed by atoms with E-state index in [1.54, 1.807) is 14.0 Å². The lowest BCUT2D eigenvalue weighted by Gasteiger charge is -2.36. The van der Waals surface area contributed by atoms with Gasteiger partial charge in [-0.2, -0.15) is 0 Å². The van der Waals surface area contributed by atoms with Crippen LogP contribution in [0.1, 0.15) is 47.5 Å². The predicted octanol–water partition coefficient (Wildman–Crippen LogP) is 2.03. The number of aliphatic carboxylic acids is 1. The maximum Gasteiger partial charge on any atom is 0.323 e. The highest BCUT2D eigenvalue weighted by atomic mass is 16.5. The van der Waals surface area contributed by atoms with Crippen molar-refractivity contribution in [3.8, 4) is 0 Å². The molecule has 0 radical (unpaired) electrons. The monoisotopic (exact) mass is 231 g/mol. The Kier molecular flexibility index (Phi) is 5.42. The fraction of sp³-hybridized carbons (Fsp3) is 0.917. The molecule has 0 spiro atoms. The third-order valence-corrected chi connectivity index (χ3v) is 2.98. The van der Waals surface area contributed by atoms with Crippen LogP contribution < -0.4 is 5.32 Å². The predicted molar refractivity (Wildman–Crippen MR) is 64.6 cm³/mol. The molecule has 0 aliphatic carbocycles. The minimum atomic E-state index is -0.949. The van der Waals surface area contributed by atoms with Crippen LogP contribution in [0.2, 0.25) is 0 Å². The lowest BCUT2D eigenvalue weighted by molar-refractivity contribution is -0.147. The minimum absolute atomic E-state index is 0.175. The molecular weight excluding hydrogens is 206 g/mol. The maximum absolute atomic E-state index is 11.3. The second-order valence-electron chi connectivity index (χ2n) is 5.23. The Bertz CT molecular complexity index is 240. The largest absolute Gasteiger partial charge is 0.480 e. The van der Waals surface area contributed by atoms with E-state index in [4.69, 9.17) is 4.74 Å². The van der Waals surface area contributed by atoms with Gasteiger partial charge >= 0.3 is 5.97 Å². The van der Waals surface area contributed by atoms with Crippen molar-refractivity contribution in [2.24, 2.45) is 0 Å². The van der Waals surface area contributed by atoms with Gasteiger partial charge < -0.3 is 9.84 Å². The molecule has 4 heteroatoms. The molecule has 0 saturated carbocycles. The van der Waals surface area contributed by atoms with Crippen molar-refractivity contribution in [1.29, 1.82) is 0 Å². The molecule has 0 rings (SSSR count). The molecule has 0 amide bonds. The molecule has 0 fully saturated rings. The molecule has 2 atom stereocenters. The number of hydrogen-bond donors (Lipinski definition) is 2. The van der Waals surface area contributed by atoms with Crippen molar-refractivity contribution >= 4 is 5.97 Å². The summed E-state index contributed by atoms with van der Waals surface area (Å²) in [5.41, 5.74) is -1.40. The molecule has 16 heavy (non-hydrogen) atoms. The van der Waals surface area contributed by atoms with E-state index in [0.29, 0.717) is 6.42 Å². The van der Waals surface area contributed by atoms with Crippen LogP contribution >= 0.6 is 0 Å². The van der Waals surface area contributed by atoms with Crippen LogP contribution in [0.4, 0.5) is 0 Å². The van der Waals surface area contributed by atoms with E-state index in [9.17, 15) is 9.90 Å². The molecule has 0 heterocycles. The van der Waals surface area contributed by atoms with Gasteiger partial charge in [0.05, 0.1) is 5.60 Å². The van der Waals surface area contributed by atoms with E-state index < -0.39 is 17.1 Å². The molecule has 0 bridgehead atoms. The average Bonchev–Trinajstić information content (AvgIpc) is 2.16. The summed E-state index contributed by atoms with van der Waals surface area (Å²) in [5.74, 6) is -0.835. The molecule has 0 saturated heterocycles. The van der Waals surface area contributed by atoms with E-state index in [1.165, 1.54) is 0 Å². The summed E-state index contributed by atoms with van der Waals surface area (Å²) in [4.78, 5) is 11.3. The number of rotatable bonds is 7. The van der Waals surface area contributed by atoms with E-state index in [-0.39, 0.29) is 6.04 Å². The first-order chi connectivity index (χ1) is 7.17. The Morgan fingerprint density at radius 3 is 2.25 bits per heavy atom. The number of hydrogen-bond acceptors (Lipinski definition) is 3. The van der Waals surface area contributed by atoms with Gasteiger partial charge in [0.15, 0.2) is 0 Å². The number of methoxy groups -OCH3 is 1. The summed E-state index contributed by atoms with van der Waals surface area (Å²) in [6.45, 7) is 9.52. The first-order valence-corrected chi connectivity index (χ1v) is 5.73. The smallest absolute Gasteiger partial charge is 0.323 e. The zero-order chi connectivity index (χ0) is 13.0. The van der Waals surface area contributed by atoms with E-state index in [2.05, 4.69) is 5.32 Å². The van der Waals surface area contributed by atoms with Crippen LogP contribution in [0.3, 0.4) is 0 Å². The van der Waals surface area contributed by atoms with Crippen LogP contribution in [0.5, 0.6) is 0 Å². The molecule has 4 nitrogen and oxygen atoms in total. The van der Waals surface area contributed by atoms with Gasteiger partial charge in [0, 0.05) is 19.6 Å². The first kappa shape index (κ1) is 15.4. The Balaban J connectivity index is 4.77. The quantitative estimate of drug-likeness (QED) is 0.704. The third-order valence-electron chi connectivity index (χ3n) is 2.98. The summed E-state index contributed by atoms with van der Waals surface area (Å²) in [7, 11) is 1.60. The van der Waals surface area contributed by atoms with Crippen LogP contribution in [0.25, 0.3) is 0 Å². The fourth-order valence-corrected chi connectivity index (χ4v) is 1.76. The number of carboxylic acids is 1. The standard InChI is InChI=1S/C12H25NO3/c1-7-9(2)13-12(5,10(14)15)8-11(3,4)16-6/h9,13H,7-8H2,1-6H3,(H,14,15). The molecule has 2 unspecified atom stereocenters. The summed E-state index contributed by atoms with van der Waals surface area (Å²) in [6, 6.07) is 0.175. The van der Waals surface area contributed by atoms with Crippen LogP contribution in [-0.4, -0.2) is 35.4 Å². The zero-order valence-corrected chi connectivity index (χ0v) is 11.3. The number of ether oxygens (including phenoxy) is 1. The van der Waals surface area contributed by atoms with Crippen LogP contribution in [-0.2, 0) is 9.53 Å². The topological polar surface area (TPSA) is 58.6 Å². The summed E-state index contributed by atoms with van der Waals surface area (Å²) in [6.07, 6.45) is 1.33. The Labute approximate surface area is 98.4 Å². The van der Waals surface area contributed by atoms with Crippen molar-refractivity contribution < 1.29 is 14.6 Å². The summed E-state index contributed by atoms with van der Waals surface area (Å²) < 4.78 is 5.30. The van der Waals surface area contributed by atoms with Gasteiger partial charge in [0.2, 0.25) is 0 Å². The van der Waals surface area contributed by atoms with E-state index in [0.717, 1.165) is 6.42 Å². The summed E-state index contributed by atoms with van der Waals surface area (Å²) in [5, 5.41) is 12.5. The SMILES string of the molecule is CCC(C)NC(C)(CC(C)(C)OC)C(=O)O. The second kappa shape index (κ2) is 5.64. The van der Waals surface area contributed by atoms with Crippen LogP contribution in [0, 0.1) is 0 Å². The highest BCUT2D eigenvalue weighted by Gasteiger charge is 2.39. The van der Waals surface area contributed by atoms with Gasteiger partial charge in [-0.3, -0.25) is 10.1 Å². The fourth-order valence-electron chi connectivity index (χ4n) is 1.76. The third kappa shape index (κ3) is 4.49. The molecule has 0 aliphatic rings. The molecule has 0 aromatic rings. The summed E-state index contributed by atoms with van der Waals surface area (Å²) >= 11 is 0. The van der Waals surface area contributed by atoms with E-state index >= 15 is 0 Å². The molecule has 0 aromatic carbocycles. The number of carboxylic acid groups (broad SMARTS) is 1. The first-order valence-electron chi connectivity index (χ1n) is 5.73. The second-order valence-corrected chi connectivity index (χ2v) is 5.23. The van der Waals surface area contributed by atoms with E-state index in [1.807, 2.05) is 27.7 Å². The zero-order valence-electron chi connectivity index (χ0n) is 11.3. The number of nitrogens with one attached hydrogen (secondary N) is 1.